The molecule has 2 aromatic rings. The number of aryl methyl sites for hydroxylation is 1. The first-order chi connectivity index (χ1) is 14.7. The number of hydrogen-bond donors (Lipinski definition) is 3. The Kier molecular flexibility index (Phi) is 8.13. The second-order valence-electron chi connectivity index (χ2n) is 7.11. The van der Waals surface area contributed by atoms with Crippen LogP contribution in [0, 0.1) is 6.92 Å². The van der Waals surface area contributed by atoms with Crippen molar-refractivity contribution in [1.29, 1.82) is 0 Å². The van der Waals surface area contributed by atoms with Crippen LogP contribution in [0.5, 0.6) is 5.75 Å². The van der Waals surface area contributed by atoms with Crippen LogP contribution in [-0.2, 0) is 14.4 Å². The van der Waals surface area contributed by atoms with Crippen LogP contribution in [0.2, 0.25) is 0 Å². The van der Waals surface area contributed by atoms with E-state index in [0.29, 0.717) is 22.8 Å². The lowest BCUT2D eigenvalue weighted by Crippen LogP contribution is -2.33. The predicted octanol–water partition coefficient (Wildman–Crippen LogP) is 2.53. The highest BCUT2D eigenvalue weighted by molar-refractivity contribution is 6.39. The number of hydrogen-bond acceptors (Lipinski definition) is 6. The Hall–Kier alpha value is -3.88. The van der Waals surface area contributed by atoms with E-state index in [-0.39, 0.29) is 12.3 Å². The first-order valence-electron chi connectivity index (χ1n) is 9.56. The predicted molar refractivity (Wildman–Crippen MR) is 122 cm³/mol. The van der Waals surface area contributed by atoms with Crippen LogP contribution in [0.1, 0.15) is 18.9 Å². The number of hydrazone groups is 1. The number of ether oxygens (including phenoxy) is 1. The van der Waals surface area contributed by atoms with E-state index >= 15 is 0 Å². The zero-order valence-electron chi connectivity index (χ0n) is 18.3. The normalized spacial score (nSPS) is 10.8. The highest BCUT2D eigenvalue weighted by atomic mass is 16.5. The van der Waals surface area contributed by atoms with Crippen LogP contribution in [0.4, 0.5) is 17.1 Å². The lowest BCUT2D eigenvalue weighted by atomic mass is 10.2. The summed E-state index contributed by atoms with van der Waals surface area (Å²) in [5, 5.41) is 9.06. The molecule has 0 saturated carbocycles. The Morgan fingerprint density at radius 2 is 1.68 bits per heavy atom. The molecule has 0 aromatic heterocycles. The number of anilines is 3. The molecule has 0 spiro atoms. The molecule has 0 radical (unpaired) electrons. The van der Waals surface area contributed by atoms with E-state index in [1.807, 2.05) is 44.1 Å². The molecule has 9 nitrogen and oxygen atoms in total. The minimum absolute atomic E-state index is 0.0387. The molecule has 164 valence electrons. The summed E-state index contributed by atoms with van der Waals surface area (Å²) in [5.74, 6) is -1.71. The van der Waals surface area contributed by atoms with Crippen molar-refractivity contribution >= 4 is 40.5 Å². The molecule has 2 rings (SSSR count). The molecule has 0 fully saturated rings. The van der Waals surface area contributed by atoms with Crippen molar-refractivity contribution in [2.45, 2.75) is 20.3 Å². The van der Waals surface area contributed by atoms with Gasteiger partial charge in [0.15, 0.2) is 0 Å². The number of nitrogens with zero attached hydrogens (tertiary/aromatic N) is 2. The van der Waals surface area contributed by atoms with Gasteiger partial charge in [0.25, 0.3) is 0 Å². The summed E-state index contributed by atoms with van der Waals surface area (Å²) < 4.78 is 5.17. The summed E-state index contributed by atoms with van der Waals surface area (Å²) >= 11 is 0. The van der Waals surface area contributed by atoms with Gasteiger partial charge >= 0.3 is 11.8 Å². The van der Waals surface area contributed by atoms with Crippen LogP contribution in [0.25, 0.3) is 0 Å². The van der Waals surface area contributed by atoms with Crippen LogP contribution < -0.4 is 25.7 Å². The van der Waals surface area contributed by atoms with E-state index in [4.69, 9.17) is 4.74 Å². The van der Waals surface area contributed by atoms with Crippen molar-refractivity contribution in [3.63, 3.8) is 0 Å². The Balaban J connectivity index is 1.87. The lowest BCUT2D eigenvalue weighted by molar-refractivity contribution is -0.136. The molecule has 0 aliphatic heterocycles. The van der Waals surface area contributed by atoms with Gasteiger partial charge < -0.3 is 20.3 Å². The van der Waals surface area contributed by atoms with Gasteiger partial charge in [-0.2, -0.15) is 5.10 Å². The second kappa shape index (κ2) is 10.8. The number of benzene rings is 2. The molecule has 0 unspecified atom stereocenters. The van der Waals surface area contributed by atoms with Gasteiger partial charge in [0.1, 0.15) is 5.75 Å². The van der Waals surface area contributed by atoms with Crippen LogP contribution >= 0.6 is 0 Å². The average Bonchev–Trinajstić information content (AvgIpc) is 2.72. The third-order valence-electron chi connectivity index (χ3n) is 4.24. The fourth-order valence-electron chi connectivity index (χ4n) is 2.62. The largest absolute Gasteiger partial charge is 0.495 e. The zero-order valence-corrected chi connectivity index (χ0v) is 18.3. The van der Waals surface area contributed by atoms with E-state index in [0.717, 1.165) is 11.3 Å². The maximum atomic E-state index is 12.2. The van der Waals surface area contributed by atoms with Crippen molar-refractivity contribution in [2.75, 3.05) is 36.7 Å². The Bertz CT molecular complexity index is 984. The topological polar surface area (TPSA) is 112 Å². The third kappa shape index (κ3) is 7.14. The number of amides is 3. The van der Waals surface area contributed by atoms with Gasteiger partial charge in [0.2, 0.25) is 5.91 Å². The van der Waals surface area contributed by atoms with Crippen molar-refractivity contribution in [3.8, 4) is 5.75 Å². The van der Waals surface area contributed by atoms with E-state index in [2.05, 4.69) is 21.2 Å². The van der Waals surface area contributed by atoms with Gasteiger partial charge in [0, 0.05) is 31.2 Å². The second-order valence-corrected chi connectivity index (χ2v) is 7.11. The molecule has 0 atom stereocenters. The minimum Gasteiger partial charge on any atom is -0.495 e. The van der Waals surface area contributed by atoms with Crippen molar-refractivity contribution < 1.29 is 19.1 Å². The number of carbonyl (C=O) groups is 3. The molecule has 0 heterocycles. The standard InChI is InChI=1S/C22H27N5O4/c1-14-6-11-19(31-5)18(12-14)24-21(29)22(30)26-25-15(2)13-20(28)23-16-7-9-17(10-8-16)27(3)4/h6-12H,13H2,1-5H3,(H,23,28)(H,24,29)(H,26,30)/b25-15+. The molecule has 31 heavy (non-hydrogen) atoms. The van der Waals surface area contributed by atoms with Crippen molar-refractivity contribution in [1.82, 2.24) is 5.43 Å². The Morgan fingerprint density at radius 3 is 2.29 bits per heavy atom. The summed E-state index contributed by atoms with van der Waals surface area (Å²) in [6.07, 6.45) is -0.0387. The molecule has 0 aliphatic carbocycles. The van der Waals surface area contributed by atoms with Crippen LogP contribution in [0.3, 0.4) is 0 Å². The summed E-state index contributed by atoms with van der Waals surface area (Å²) in [6.45, 7) is 3.43. The highest BCUT2D eigenvalue weighted by Crippen LogP contribution is 2.25. The number of nitrogens with one attached hydrogen (secondary N) is 3. The van der Waals surface area contributed by atoms with Gasteiger partial charge in [-0.05, 0) is 55.8 Å². The molecular formula is C22H27N5O4. The molecule has 9 heteroatoms. The van der Waals surface area contributed by atoms with Gasteiger partial charge in [0.05, 0.1) is 19.2 Å². The highest BCUT2D eigenvalue weighted by Gasteiger charge is 2.16. The lowest BCUT2D eigenvalue weighted by Gasteiger charge is -2.13. The minimum atomic E-state index is -0.956. The quantitative estimate of drug-likeness (QED) is 0.359. The maximum absolute atomic E-state index is 12.2. The average molecular weight is 425 g/mol. The first-order valence-corrected chi connectivity index (χ1v) is 9.56. The summed E-state index contributed by atoms with van der Waals surface area (Å²) in [5.41, 5.74) is 5.44. The first kappa shape index (κ1) is 23.4. The summed E-state index contributed by atoms with van der Waals surface area (Å²) in [4.78, 5) is 38.2. The fraction of sp³-hybridized carbons (Fsp3) is 0.273. The molecule has 0 saturated heterocycles. The summed E-state index contributed by atoms with van der Waals surface area (Å²) in [7, 11) is 5.33. The molecule has 0 aliphatic rings. The third-order valence-corrected chi connectivity index (χ3v) is 4.24. The smallest absolute Gasteiger partial charge is 0.329 e. The van der Waals surface area contributed by atoms with Crippen LogP contribution in [-0.4, -0.2) is 44.6 Å². The van der Waals surface area contributed by atoms with Crippen molar-refractivity contribution in [2.24, 2.45) is 5.10 Å². The molecule has 3 amide bonds. The molecule has 3 N–H and O–H groups in total. The number of carbonyl (C=O) groups excluding carboxylic acids is 3. The van der Waals surface area contributed by atoms with Gasteiger partial charge in [-0.1, -0.05) is 6.07 Å². The van der Waals surface area contributed by atoms with E-state index < -0.39 is 11.8 Å². The molecule has 0 bridgehead atoms. The van der Waals surface area contributed by atoms with E-state index in [9.17, 15) is 14.4 Å². The molecule has 2 aromatic carbocycles. The SMILES string of the molecule is COc1ccc(C)cc1NC(=O)C(=O)N/N=C(\C)CC(=O)Nc1ccc(N(C)C)cc1. The van der Waals surface area contributed by atoms with Gasteiger partial charge in [-0.25, -0.2) is 5.43 Å². The van der Waals surface area contributed by atoms with Crippen LogP contribution in [0.15, 0.2) is 47.6 Å². The number of rotatable bonds is 7. The monoisotopic (exact) mass is 425 g/mol. The van der Waals surface area contributed by atoms with E-state index in [1.165, 1.54) is 7.11 Å². The van der Waals surface area contributed by atoms with Gasteiger partial charge in [-0.3, -0.25) is 14.4 Å². The van der Waals surface area contributed by atoms with Crippen molar-refractivity contribution in [3.05, 3.63) is 48.0 Å². The zero-order chi connectivity index (χ0) is 23.0. The molecular weight excluding hydrogens is 398 g/mol. The fourth-order valence-corrected chi connectivity index (χ4v) is 2.62. The summed E-state index contributed by atoms with van der Waals surface area (Å²) in [6, 6.07) is 12.6. The van der Waals surface area contributed by atoms with E-state index in [1.54, 1.807) is 31.2 Å². The van der Waals surface area contributed by atoms with Gasteiger partial charge in [-0.15, -0.1) is 0 Å². The Labute approximate surface area is 181 Å². The number of methoxy groups -OCH3 is 1. The maximum Gasteiger partial charge on any atom is 0.329 e. The Morgan fingerprint density at radius 1 is 1.00 bits per heavy atom.